The number of rotatable bonds is 1. The van der Waals surface area contributed by atoms with Crippen molar-refractivity contribution in [3.8, 4) is 0 Å². The van der Waals surface area contributed by atoms with E-state index in [-0.39, 0.29) is 34.5 Å². The van der Waals surface area contributed by atoms with Crippen molar-refractivity contribution in [1.29, 1.82) is 0 Å². The third kappa shape index (κ3) is 2.80. The summed E-state index contributed by atoms with van der Waals surface area (Å²) in [6, 6.07) is 11.9. The fourth-order valence-electron chi connectivity index (χ4n) is 1.33. The van der Waals surface area contributed by atoms with Crippen molar-refractivity contribution in [2.24, 2.45) is 0 Å². The Morgan fingerprint density at radius 1 is 0.933 bits per heavy atom. The van der Waals surface area contributed by atoms with Crippen molar-refractivity contribution in [3.05, 3.63) is 42.5 Å². The summed E-state index contributed by atoms with van der Waals surface area (Å²) < 4.78 is 30.5. The summed E-state index contributed by atoms with van der Waals surface area (Å²) in [5, 5.41) is 1.74. The molecule has 2 aromatic rings. The molecule has 72 valence electrons. The van der Waals surface area contributed by atoms with E-state index in [2.05, 4.69) is 0 Å². The van der Waals surface area contributed by atoms with Gasteiger partial charge in [-0.05, 0) is 22.9 Å². The molecule has 0 heterocycles. The van der Waals surface area contributed by atoms with Crippen LogP contribution in [-0.2, 0) is 10.1 Å². The van der Waals surface area contributed by atoms with Gasteiger partial charge in [-0.1, -0.05) is 30.3 Å². The predicted octanol–water partition coefficient (Wildman–Crippen LogP) is -0.909. The van der Waals surface area contributed by atoms with Crippen LogP contribution in [0.1, 0.15) is 0 Å². The minimum Gasteiger partial charge on any atom is -0.282 e. The van der Waals surface area contributed by atoms with E-state index in [9.17, 15) is 8.42 Å². The molecule has 0 spiro atoms. The fourth-order valence-corrected chi connectivity index (χ4v) is 1.84. The third-order valence-corrected chi connectivity index (χ3v) is 2.87. The van der Waals surface area contributed by atoms with E-state index in [4.69, 9.17) is 4.55 Å². The van der Waals surface area contributed by atoms with E-state index in [1.54, 1.807) is 12.1 Å². The summed E-state index contributed by atoms with van der Waals surface area (Å²) in [5.41, 5.74) is 0. The first kappa shape index (κ1) is 12.7. The van der Waals surface area contributed by atoms with E-state index in [0.717, 1.165) is 10.8 Å². The molecule has 1 N–H and O–H groups in total. The van der Waals surface area contributed by atoms with Crippen molar-refractivity contribution >= 4 is 20.9 Å². The molecule has 0 saturated heterocycles. The smallest absolute Gasteiger partial charge is 0.282 e. The van der Waals surface area contributed by atoms with Gasteiger partial charge in [-0.2, -0.15) is 8.42 Å². The van der Waals surface area contributed by atoms with Gasteiger partial charge in [0.25, 0.3) is 10.1 Å². The summed E-state index contributed by atoms with van der Waals surface area (Å²) in [6.45, 7) is 0. The third-order valence-electron chi connectivity index (χ3n) is 2.02. The van der Waals surface area contributed by atoms with Crippen LogP contribution in [0.4, 0.5) is 0 Å². The van der Waals surface area contributed by atoms with Crippen LogP contribution in [0.15, 0.2) is 47.4 Å². The van der Waals surface area contributed by atoms with Crippen molar-refractivity contribution in [2.75, 3.05) is 0 Å². The first-order valence-electron chi connectivity index (χ1n) is 4.04. The summed E-state index contributed by atoms with van der Waals surface area (Å²) in [4.78, 5) is -0.0730. The summed E-state index contributed by atoms with van der Waals surface area (Å²) >= 11 is 0. The van der Waals surface area contributed by atoms with Crippen LogP contribution in [0.2, 0.25) is 0 Å². The molecule has 3 nitrogen and oxygen atoms in total. The van der Waals surface area contributed by atoms with Gasteiger partial charge < -0.3 is 0 Å². The van der Waals surface area contributed by atoms with Crippen LogP contribution in [0.3, 0.4) is 0 Å². The average Bonchev–Trinajstić information content (AvgIpc) is 2.16. The summed E-state index contributed by atoms with van der Waals surface area (Å²) in [6.07, 6.45) is 0. The summed E-state index contributed by atoms with van der Waals surface area (Å²) in [7, 11) is -4.09. The zero-order valence-electron chi connectivity index (χ0n) is 8.21. The van der Waals surface area contributed by atoms with Crippen LogP contribution >= 0.6 is 0 Å². The van der Waals surface area contributed by atoms with Gasteiger partial charge in [-0.15, -0.1) is 0 Å². The van der Waals surface area contributed by atoms with Crippen molar-refractivity contribution in [3.63, 3.8) is 0 Å². The molecule has 0 unspecified atom stereocenters. The van der Waals surface area contributed by atoms with E-state index in [1.807, 2.05) is 18.2 Å². The monoisotopic (exact) mass is 231 g/mol. The quantitative estimate of drug-likeness (QED) is 0.510. The van der Waals surface area contributed by atoms with Crippen LogP contribution in [-0.4, -0.2) is 13.0 Å². The molecule has 2 rings (SSSR count). The molecule has 0 aliphatic carbocycles. The Morgan fingerprint density at radius 2 is 1.53 bits per heavy atom. The minimum absolute atomic E-state index is 0. The SMILES string of the molecule is O=S(=O)(O)c1ccc2ccccc2c1.[Na+]. The van der Waals surface area contributed by atoms with Gasteiger partial charge in [0.1, 0.15) is 0 Å². The Morgan fingerprint density at radius 3 is 2.13 bits per heavy atom. The van der Waals surface area contributed by atoms with Gasteiger partial charge in [0.15, 0.2) is 0 Å². The number of hydrogen-bond acceptors (Lipinski definition) is 2. The fraction of sp³-hybridized carbons (Fsp3) is 0. The van der Waals surface area contributed by atoms with E-state index in [1.165, 1.54) is 12.1 Å². The zero-order valence-corrected chi connectivity index (χ0v) is 11.0. The Kier molecular flexibility index (Phi) is 3.92. The number of fused-ring (bicyclic) bond motifs is 1. The van der Waals surface area contributed by atoms with Gasteiger partial charge >= 0.3 is 29.6 Å². The Bertz CT molecular complexity index is 578. The second-order valence-electron chi connectivity index (χ2n) is 2.98. The first-order chi connectivity index (χ1) is 6.57. The molecular formula is C10H8NaO3S+. The maximum atomic E-state index is 10.8. The molecular weight excluding hydrogens is 223 g/mol. The standard InChI is InChI=1S/C10H8O3S.Na/c11-14(12,13)10-6-5-8-3-1-2-4-9(8)7-10;/h1-7H,(H,11,12,13);/q;+1. The molecule has 5 heteroatoms. The van der Waals surface area contributed by atoms with Crippen molar-refractivity contribution < 1.29 is 42.5 Å². The topological polar surface area (TPSA) is 54.4 Å². The van der Waals surface area contributed by atoms with Gasteiger partial charge in [0, 0.05) is 0 Å². The molecule has 0 amide bonds. The van der Waals surface area contributed by atoms with Crippen LogP contribution < -0.4 is 29.6 Å². The average molecular weight is 231 g/mol. The molecule has 2 aromatic carbocycles. The van der Waals surface area contributed by atoms with Gasteiger partial charge in [0.2, 0.25) is 0 Å². The molecule has 15 heavy (non-hydrogen) atoms. The van der Waals surface area contributed by atoms with Crippen molar-refractivity contribution in [2.45, 2.75) is 4.90 Å². The number of benzene rings is 2. The van der Waals surface area contributed by atoms with Crippen LogP contribution in [0.25, 0.3) is 10.8 Å². The van der Waals surface area contributed by atoms with Gasteiger partial charge in [0.05, 0.1) is 4.90 Å². The largest absolute Gasteiger partial charge is 1.00 e. The van der Waals surface area contributed by atoms with E-state index in [0.29, 0.717) is 0 Å². The Hall–Kier alpha value is -0.390. The number of hydrogen-bond donors (Lipinski definition) is 1. The molecule has 0 aliphatic heterocycles. The zero-order chi connectivity index (χ0) is 10.2. The second-order valence-corrected chi connectivity index (χ2v) is 4.41. The molecule has 0 bridgehead atoms. The van der Waals surface area contributed by atoms with Crippen LogP contribution in [0.5, 0.6) is 0 Å². The molecule has 0 radical (unpaired) electrons. The molecule has 0 atom stereocenters. The maximum absolute atomic E-state index is 10.8. The predicted molar refractivity (Wildman–Crippen MR) is 53.8 cm³/mol. The first-order valence-corrected chi connectivity index (χ1v) is 5.48. The normalized spacial score (nSPS) is 11.0. The van der Waals surface area contributed by atoms with Crippen molar-refractivity contribution in [1.82, 2.24) is 0 Å². The van der Waals surface area contributed by atoms with E-state index >= 15 is 0 Å². The Balaban J connectivity index is 0.00000112. The van der Waals surface area contributed by atoms with E-state index < -0.39 is 10.1 Å². The maximum Gasteiger partial charge on any atom is 1.00 e. The minimum atomic E-state index is -4.09. The van der Waals surface area contributed by atoms with Gasteiger partial charge in [-0.25, -0.2) is 0 Å². The molecule has 0 aromatic heterocycles. The summed E-state index contributed by atoms with van der Waals surface area (Å²) in [5.74, 6) is 0. The second kappa shape index (κ2) is 4.63. The molecule has 0 fully saturated rings. The molecule has 0 aliphatic rings. The van der Waals surface area contributed by atoms with Crippen LogP contribution in [0, 0.1) is 0 Å². The molecule has 0 saturated carbocycles. The van der Waals surface area contributed by atoms with Gasteiger partial charge in [-0.3, -0.25) is 4.55 Å². The Labute approximate surface area is 110 Å².